The lowest BCUT2D eigenvalue weighted by Crippen LogP contribution is -2.12. The average Bonchev–Trinajstić information content (AvgIpc) is 2.82. The van der Waals surface area contributed by atoms with Crippen molar-refractivity contribution in [2.45, 2.75) is 4.90 Å². The van der Waals surface area contributed by atoms with E-state index in [2.05, 4.69) is 0 Å². The van der Waals surface area contributed by atoms with Crippen molar-refractivity contribution in [3.8, 4) is 5.75 Å². The molecule has 0 bridgehead atoms. The van der Waals surface area contributed by atoms with Crippen molar-refractivity contribution >= 4 is 39.6 Å². The van der Waals surface area contributed by atoms with E-state index in [1.54, 1.807) is 7.11 Å². The highest BCUT2D eigenvalue weighted by atomic mass is 32.2. The molecule has 0 saturated heterocycles. The Labute approximate surface area is 119 Å². The monoisotopic (exact) mass is 287 g/mol. The number of amides is 1. The van der Waals surface area contributed by atoms with E-state index >= 15 is 0 Å². The SMILES string of the molecule is COc1ccc2oc3ccc(SCC(N)=O)cc3c2c1. The lowest BCUT2D eigenvalue weighted by molar-refractivity contribution is -0.115. The van der Waals surface area contributed by atoms with Gasteiger partial charge in [0, 0.05) is 15.7 Å². The van der Waals surface area contributed by atoms with Crippen LogP contribution in [0.2, 0.25) is 0 Å². The van der Waals surface area contributed by atoms with Gasteiger partial charge in [-0.05, 0) is 36.4 Å². The molecule has 0 atom stereocenters. The van der Waals surface area contributed by atoms with E-state index in [1.807, 2.05) is 36.4 Å². The third-order valence-corrected chi connectivity index (χ3v) is 4.05. The largest absolute Gasteiger partial charge is 0.497 e. The molecule has 102 valence electrons. The lowest BCUT2D eigenvalue weighted by Gasteiger charge is -2.00. The highest BCUT2D eigenvalue weighted by Gasteiger charge is 2.09. The molecule has 2 N–H and O–H groups in total. The first kappa shape index (κ1) is 12.9. The maximum Gasteiger partial charge on any atom is 0.227 e. The highest BCUT2D eigenvalue weighted by molar-refractivity contribution is 8.00. The minimum atomic E-state index is -0.325. The van der Waals surface area contributed by atoms with Gasteiger partial charge in [-0.2, -0.15) is 0 Å². The molecule has 3 rings (SSSR count). The van der Waals surface area contributed by atoms with E-state index in [4.69, 9.17) is 14.9 Å². The van der Waals surface area contributed by atoms with E-state index in [0.717, 1.165) is 32.6 Å². The number of benzene rings is 2. The maximum atomic E-state index is 10.8. The molecule has 5 heteroatoms. The summed E-state index contributed by atoms with van der Waals surface area (Å²) in [5, 5.41) is 2.01. The molecule has 3 aromatic rings. The zero-order chi connectivity index (χ0) is 14.1. The molecule has 0 radical (unpaired) electrons. The second-order valence-electron chi connectivity index (χ2n) is 4.38. The number of nitrogens with two attached hydrogens (primary N) is 1. The molecule has 0 spiro atoms. The first-order chi connectivity index (χ1) is 9.67. The average molecular weight is 287 g/mol. The zero-order valence-electron chi connectivity index (χ0n) is 10.9. The molecule has 1 heterocycles. The molecule has 0 aliphatic heterocycles. The van der Waals surface area contributed by atoms with Gasteiger partial charge in [0.2, 0.25) is 5.91 Å². The van der Waals surface area contributed by atoms with Gasteiger partial charge >= 0.3 is 0 Å². The van der Waals surface area contributed by atoms with Crippen LogP contribution in [0.15, 0.2) is 45.7 Å². The minimum Gasteiger partial charge on any atom is -0.497 e. The van der Waals surface area contributed by atoms with Crippen LogP contribution in [0, 0.1) is 0 Å². The first-order valence-electron chi connectivity index (χ1n) is 6.09. The van der Waals surface area contributed by atoms with Crippen LogP contribution in [-0.2, 0) is 4.79 Å². The molecule has 0 aliphatic carbocycles. The fraction of sp³-hybridized carbons (Fsp3) is 0.133. The summed E-state index contributed by atoms with van der Waals surface area (Å²) in [4.78, 5) is 11.8. The molecule has 1 amide bonds. The molecular weight excluding hydrogens is 274 g/mol. The summed E-state index contributed by atoms with van der Waals surface area (Å²) in [7, 11) is 1.64. The smallest absolute Gasteiger partial charge is 0.227 e. The van der Waals surface area contributed by atoms with Crippen LogP contribution in [0.1, 0.15) is 0 Å². The van der Waals surface area contributed by atoms with Gasteiger partial charge in [0.25, 0.3) is 0 Å². The zero-order valence-corrected chi connectivity index (χ0v) is 11.7. The predicted octanol–water partition coefficient (Wildman–Crippen LogP) is 3.17. The van der Waals surface area contributed by atoms with Gasteiger partial charge in [-0.25, -0.2) is 0 Å². The molecule has 0 unspecified atom stereocenters. The molecule has 4 nitrogen and oxygen atoms in total. The van der Waals surface area contributed by atoms with Gasteiger partial charge in [-0.1, -0.05) is 0 Å². The summed E-state index contributed by atoms with van der Waals surface area (Å²) >= 11 is 1.42. The number of hydrogen-bond donors (Lipinski definition) is 1. The Balaban J connectivity index is 2.10. The number of ether oxygens (including phenoxy) is 1. The van der Waals surface area contributed by atoms with Crippen molar-refractivity contribution in [1.29, 1.82) is 0 Å². The van der Waals surface area contributed by atoms with E-state index in [0.29, 0.717) is 0 Å². The molecule has 20 heavy (non-hydrogen) atoms. The number of thioether (sulfide) groups is 1. The quantitative estimate of drug-likeness (QED) is 0.748. The van der Waals surface area contributed by atoms with Gasteiger partial charge in [0.05, 0.1) is 12.9 Å². The highest BCUT2D eigenvalue weighted by Crippen LogP contribution is 2.33. The van der Waals surface area contributed by atoms with Crippen LogP contribution < -0.4 is 10.5 Å². The number of rotatable bonds is 4. The summed E-state index contributed by atoms with van der Waals surface area (Å²) in [6.07, 6.45) is 0. The fourth-order valence-corrected chi connectivity index (χ4v) is 2.78. The van der Waals surface area contributed by atoms with Crippen LogP contribution in [0.3, 0.4) is 0 Å². The lowest BCUT2D eigenvalue weighted by atomic mass is 10.1. The van der Waals surface area contributed by atoms with Crippen LogP contribution in [-0.4, -0.2) is 18.8 Å². The van der Waals surface area contributed by atoms with Crippen molar-refractivity contribution < 1.29 is 13.9 Å². The second-order valence-corrected chi connectivity index (χ2v) is 5.43. The maximum absolute atomic E-state index is 10.8. The summed E-state index contributed by atoms with van der Waals surface area (Å²) in [5.41, 5.74) is 6.80. The van der Waals surface area contributed by atoms with Crippen molar-refractivity contribution in [1.82, 2.24) is 0 Å². The van der Waals surface area contributed by atoms with Crippen LogP contribution in [0.4, 0.5) is 0 Å². The Hall–Kier alpha value is -2.14. The number of hydrogen-bond acceptors (Lipinski definition) is 4. The molecular formula is C15H13NO3S. The normalized spacial score (nSPS) is 11.1. The number of carbonyl (C=O) groups is 1. The Kier molecular flexibility index (Phi) is 3.28. The van der Waals surface area contributed by atoms with Crippen molar-refractivity contribution in [3.63, 3.8) is 0 Å². The first-order valence-corrected chi connectivity index (χ1v) is 7.07. The predicted molar refractivity (Wildman–Crippen MR) is 80.2 cm³/mol. The van der Waals surface area contributed by atoms with E-state index in [1.165, 1.54) is 11.8 Å². The van der Waals surface area contributed by atoms with E-state index in [9.17, 15) is 4.79 Å². The fourth-order valence-electron chi connectivity index (χ4n) is 2.11. The number of methoxy groups -OCH3 is 1. The van der Waals surface area contributed by atoms with Crippen LogP contribution in [0.25, 0.3) is 21.9 Å². The molecule has 2 aromatic carbocycles. The van der Waals surface area contributed by atoms with Crippen LogP contribution in [0.5, 0.6) is 5.75 Å². The van der Waals surface area contributed by atoms with Crippen molar-refractivity contribution in [2.75, 3.05) is 12.9 Å². The number of primary amides is 1. The standard InChI is InChI=1S/C15H13NO3S/c1-18-9-2-4-13-11(6-9)12-7-10(20-8-15(16)17)3-5-14(12)19-13/h2-7H,8H2,1H3,(H2,16,17). The molecule has 1 aromatic heterocycles. The minimum absolute atomic E-state index is 0.268. The van der Waals surface area contributed by atoms with Gasteiger partial charge in [0.15, 0.2) is 0 Å². The summed E-state index contributed by atoms with van der Waals surface area (Å²) in [6, 6.07) is 11.6. The number of furan rings is 1. The molecule has 0 fully saturated rings. The number of fused-ring (bicyclic) bond motifs is 3. The second kappa shape index (κ2) is 5.09. The van der Waals surface area contributed by atoms with Crippen molar-refractivity contribution in [2.24, 2.45) is 5.73 Å². The Morgan fingerprint density at radius 1 is 1.20 bits per heavy atom. The topological polar surface area (TPSA) is 65.5 Å². The Morgan fingerprint density at radius 3 is 2.60 bits per heavy atom. The third kappa shape index (κ3) is 2.32. The van der Waals surface area contributed by atoms with Gasteiger partial charge < -0.3 is 14.9 Å². The van der Waals surface area contributed by atoms with Gasteiger partial charge in [-0.15, -0.1) is 11.8 Å². The van der Waals surface area contributed by atoms with E-state index in [-0.39, 0.29) is 11.7 Å². The van der Waals surface area contributed by atoms with Crippen LogP contribution >= 0.6 is 11.8 Å². The Bertz CT molecular complexity index is 794. The summed E-state index contributed by atoms with van der Waals surface area (Å²) < 4.78 is 11.0. The summed E-state index contributed by atoms with van der Waals surface area (Å²) in [6.45, 7) is 0. The summed E-state index contributed by atoms with van der Waals surface area (Å²) in [5.74, 6) is 0.731. The molecule has 0 saturated carbocycles. The van der Waals surface area contributed by atoms with Gasteiger partial charge in [-0.3, -0.25) is 4.79 Å². The van der Waals surface area contributed by atoms with E-state index < -0.39 is 0 Å². The number of carbonyl (C=O) groups excluding carboxylic acids is 1. The third-order valence-electron chi connectivity index (χ3n) is 3.03. The van der Waals surface area contributed by atoms with Gasteiger partial charge in [0.1, 0.15) is 16.9 Å². The molecule has 0 aliphatic rings. The van der Waals surface area contributed by atoms with Crippen molar-refractivity contribution in [3.05, 3.63) is 36.4 Å². The Morgan fingerprint density at radius 2 is 1.90 bits per heavy atom.